The predicted molar refractivity (Wildman–Crippen MR) is 94.1 cm³/mol. The van der Waals surface area contributed by atoms with Gasteiger partial charge in [0.15, 0.2) is 0 Å². The number of carbonyl (C=O) groups is 2. The summed E-state index contributed by atoms with van der Waals surface area (Å²) >= 11 is 0. The second-order valence-electron chi connectivity index (χ2n) is 7.45. The van der Waals surface area contributed by atoms with Crippen LogP contribution in [0.2, 0.25) is 0 Å². The fourth-order valence-electron chi connectivity index (χ4n) is 4.14. The Bertz CT molecular complexity index is 619. The quantitative estimate of drug-likeness (QED) is 0.732. The van der Waals surface area contributed by atoms with Crippen LogP contribution in [0.4, 0.5) is 0 Å². The summed E-state index contributed by atoms with van der Waals surface area (Å²) in [6.07, 6.45) is 5.58. The van der Waals surface area contributed by atoms with Crippen molar-refractivity contribution in [2.45, 2.75) is 65.2 Å². The van der Waals surface area contributed by atoms with Crippen molar-refractivity contribution in [2.75, 3.05) is 6.61 Å². The molecule has 3 nitrogen and oxygen atoms in total. The number of carbonyl (C=O) groups excluding carboxylic acids is 2. The van der Waals surface area contributed by atoms with Gasteiger partial charge in [-0.1, -0.05) is 18.6 Å². The van der Waals surface area contributed by atoms with E-state index in [-0.39, 0.29) is 23.6 Å². The van der Waals surface area contributed by atoms with Crippen molar-refractivity contribution in [1.82, 2.24) is 0 Å². The minimum absolute atomic E-state index is 0.161. The molecule has 0 radical (unpaired) electrons. The molecule has 24 heavy (non-hydrogen) atoms. The largest absolute Gasteiger partial charge is 0.466 e. The highest BCUT2D eigenvalue weighted by Gasteiger charge is 2.38. The number of aryl methyl sites for hydroxylation is 2. The van der Waals surface area contributed by atoms with E-state index in [9.17, 15) is 9.59 Å². The maximum Gasteiger partial charge on any atom is 0.309 e. The summed E-state index contributed by atoms with van der Waals surface area (Å²) < 4.78 is 5.16. The number of esters is 1. The van der Waals surface area contributed by atoms with Crippen molar-refractivity contribution in [3.05, 3.63) is 34.4 Å². The van der Waals surface area contributed by atoms with E-state index in [1.54, 1.807) is 0 Å². The van der Waals surface area contributed by atoms with Crippen LogP contribution in [0.1, 0.15) is 67.2 Å². The highest BCUT2D eigenvalue weighted by molar-refractivity contribution is 5.89. The molecule has 0 aromatic heterocycles. The Kier molecular flexibility index (Phi) is 5.07. The zero-order valence-corrected chi connectivity index (χ0v) is 15.1. The fraction of sp³-hybridized carbons (Fsp3) is 0.619. The van der Waals surface area contributed by atoms with Crippen LogP contribution in [0.15, 0.2) is 12.1 Å². The lowest BCUT2D eigenvalue weighted by molar-refractivity contribution is -0.151. The molecule has 3 rings (SSSR count). The molecule has 2 unspecified atom stereocenters. The van der Waals surface area contributed by atoms with E-state index < -0.39 is 0 Å². The first-order valence-corrected chi connectivity index (χ1v) is 9.30. The van der Waals surface area contributed by atoms with E-state index in [0.29, 0.717) is 13.0 Å². The van der Waals surface area contributed by atoms with Gasteiger partial charge in [0.2, 0.25) is 0 Å². The minimum Gasteiger partial charge on any atom is -0.466 e. The van der Waals surface area contributed by atoms with E-state index in [2.05, 4.69) is 26.0 Å². The van der Waals surface area contributed by atoms with Crippen molar-refractivity contribution < 1.29 is 14.3 Å². The Labute approximate surface area is 144 Å². The molecular weight excluding hydrogens is 300 g/mol. The topological polar surface area (TPSA) is 43.4 Å². The van der Waals surface area contributed by atoms with E-state index in [1.165, 1.54) is 29.5 Å². The van der Waals surface area contributed by atoms with E-state index in [1.807, 2.05) is 6.92 Å². The van der Waals surface area contributed by atoms with Gasteiger partial charge in [-0.2, -0.15) is 0 Å². The van der Waals surface area contributed by atoms with Crippen LogP contribution in [-0.2, 0) is 20.7 Å². The van der Waals surface area contributed by atoms with Gasteiger partial charge in [0, 0.05) is 12.3 Å². The first-order valence-electron chi connectivity index (χ1n) is 9.30. The van der Waals surface area contributed by atoms with Crippen LogP contribution in [0.5, 0.6) is 0 Å². The van der Waals surface area contributed by atoms with Gasteiger partial charge < -0.3 is 4.74 Å². The monoisotopic (exact) mass is 328 g/mol. The number of Topliss-reactive ketones (excluding diaryl/α,β-unsaturated/α-hetero) is 1. The zero-order chi connectivity index (χ0) is 17.3. The van der Waals surface area contributed by atoms with Crippen molar-refractivity contribution in [3.8, 4) is 0 Å². The summed E-state index contributed by atoms with van der Waals surface area (Å²) in [7, 11) is 0. The first kappa shape index (κ1) is 17.2. The Morgan fingerprint density at radius 1 is 1.04 bits per heavy atom. The summed E-state index contributed by atoms with van der Waals surface area (Å²) in [6.45, 7) is 6.42. The second kappa shape index (κ2) is 7.08. The molecule has 3 heteroatoms. The maximum absolute atomic E-state index is 12.9. The Hall–Kier alpha value is -1.64. The van der Waals surface area contributed by atoms with Gasteiger partial charge in [-0.15, -0.1) is 0 Å². The van der Waals surface area contributed by atoms with Crippen LogP contribution < -0.4 is 0 Å². The summed E-state index contributed by atoms with van der Waals surface area (Å²) in [5.74, 6) is 0.353. The number of ether oxygens (including phenoxy) is 1. The van der Waals surface area contributed by atoms with Gasteiger partial charge in [-0.3, -0.25) is 9.59 Å². The number of hydrogen-bond acceptors (Lipinski definition) is 3. The van der Waals surface area contributed by atoms with Crippen LogP contribution >= 0.6 is 0 Å². The first-order chi connectivity index (χ1) is 11.5. The number of hydrogen-bond donors (Lipinski definition) is 0. The number of rotatable bonds is 6. The summed E-state index contributed by atoms with van der Waals surface area (Å²) in [6, 6.07) is 4.51. The molecule has 0 bridgehead atoms. The van der Waals surface area contributed by atoms with Crippen LogP contribution in [0.3, 0.4) is 0 Å². The summed E-state index contributed by atoms with van der Waals surface area (Å²) in [5, 5.41) is 0. The minimum atomic E-state index is -0.233. The van der Waals surface area contributed by atoms with E-state index in [0.717, 1.165) is 30.7 Å². The van der Waals surface area contributed by atoms with Crippen molar-refractivity contribution in [1.29, 1.82) is 0 Å². The van der Waals surface area contributed by atoms with Crippen LogP contribution in [0.25, 0.3) is 0 Å². The average Bonchev–Trinajstić information content (AvgIpc) is 3.27. The molecule has 2 aliphatic carbocycles. The Morgan fingerprint density at radius 2 is 1.67 bits per heavy atom. The highest BCUT2D eigenvalue weighted by atomic mass is 16.5. The molecule has 0 N–H and O–H groups in total. The molecule has 0 spiro atoms. The van der Waals surface area contributed by atoms with Crippen molar-refractivity contribution >= 4 is 11.8 Å². The predicted octanol–water partition coefficient (Wildman–Crippen LogP) is 4.27. The maximum atomic E-state index is 12.9. The van der Waals surface area contributed by atoms with Crippen molar-refractivity contribution in [3.63, 3.8) is 0 Å². The average molecular weight is 328 g/mol. The van der Waals surface area contributed by atoms with Gasteiger partial charge in [0.05, 0.1) is 12.5 Å². The SMILES string of the molecule is CCOC(=O)C1CCCC1C(=O)Cc1c(C)cc(C2CC2)cc1C. The molecule has 2 atom stereocenters. The molecule has 2 aliphatic rings. The molecule has 2 fully saturated rings. The molecule has 0 amide bonds. The van der Waals surface area contributed by atoms with Crippen LogP contribution in [-0.4, -0.2) is 18.4 Å². The van der Waals surface area contributed by atoms with Gasteiger partial charge in [-0.05, 0) is 74.6 Å². The molecular formula is C21H28O3. The van der Waals surface area contributed by atoms with Gasteiger partial charge in [0.25, 0.3) is 0 Å². The third kappa shape index (κ3) is 3.55. The lowest BCUT2D eigenvalue weighted by Gasteiger charge is -2.19. The molecule has 0 aliphatic heterocycles. The highest BCUT2D eigenvalue weighted by Crippen LogP contribution is 2.41. The van der Waals surface area contributed by atoms with Crippen LogP contribution in [0, 0.1) is 25.7 Å². The third-order valence-corrected chi connectivity index (χ3v) is 5.64. The van der Waals surface area contributed by atoms with E-state index >= 15 is 0 Å². The molecule has 1 aromatic carbocycles. The molecule has 0 heterocycles. The third-order valence-electron chi connectivity index (χ3n) is 5.64. The zero-order valence-electron chi connectivity index (χ0n) is 15.1. The summed E-state index contributed by atoms with van der Waals surface area (Å²) in [5.41, 5.74) is 5.01. The second-order valence-corrected chi connectivity index (χ2v) is 7.45. The standard InChI is InChI=1S/C21H28O3/c1-4-24-21(23)18-7-5-6-17(18)20(22)12-19-13(2)10-16(11-14(19)3)15-8-9-15/h10-11,15,17-18H,4-9,12H2,1-3H3. The fourth-order valence-corrected chi connectivity index (χ4v) is 4.14. The lowest BCUT2D eigenvalue weighted by atomic mass is 9.86. The molecule has 130 valence electrons. The molecule has 2 saturated carbocycles. The van der Waals surface area contributed by atoms with Gasteiger partial charge >= 0.3 is 5.97 Å². The van der Waals surface area contributed by atoms with Crippen molar-refractivity contribution in [2.24, 2.45) is 11.8 Å². The Morgan fingerprint density at radius 3 is 2.25 bits per heavy atom. The van der Waals surface area contributed by atoms with Gasteiger partial charge in [0.1, 0.15) is 5.78 Å². The molecule has 1 aromatic rings. The van der Waals surface area contributed by atoms with Gasteiger partial charge in [-0.25, -0.2) is 0 Å². The lowest BCUT2D eigenvalue weighted by Crippen LogP contribution is -2.28. The normalized spacial score (nSPS) is 23.3. The summed E-state index contributed by atoms with van der Waals surface area (Å²) in [4.78, 5) is 25.0. The van der Waals surface area contributed by atoms with E-state index in [4.69, 9.17) is 4.74 Å². The smallest absolute Gasteiger partial charge is 0.309 e. The molecule has 0 saturated heterocycles. The Balaban J connectivity index is 1.73. The number of benzene rings is 1. The number of ketones is 1.